The van der Waals surface area contributed by atoms with Gasteiger partial charge in [-0.25, -0.2) is 0 Å². The molecule has 1 unspecified atom stereocenters. The summed E-state index contributed by atoms with van der Waals surface area (Å²) in [5, 5.41) is 0. The summed E-state index contributed by atoms with van der Waals surface area (Å²) in [5.41, 5.74) is 8.41. The Morgan fingerprint density at radius 3 is 2.48 bits per heavy atom. The zero-order valence-electron chi connectivity index (χ0n) is 15.3. The van der Waals surface area contributed by atoms with Crippen LogP contribution in [0.5, 0.6) is 5.75 Å². The largest absolute Gasteiger partial charge is 0.433 e. The highest BCUT2D eigenvalue weighted by Crippen LogP contribution is 2.33. The van der Waals surface area contributed by atoms with Crippen molar-refractivity contribution in [1.29, 1.82) is 0 Å². The molecule has 1 aliphatic heterocycles. The topological polar surface area (TPSA) is 64.7 Å². The molecule has 2 aromatic rings. The first-order chi connectivity index (χ1) is 12.8. The number of nitrogens with two attached hydrogens (primary N) is 1. The lowest BCUT2D eigenvalue weighted by Gasteiger charge is -2.24. The number of ether oxygens (including phenoxy) is 1. The molecule has 0 amide bonds. The van der Waals surface area contributed by atoms with Crippen molar-refractivity contribution >= 4 is 11.6 Å². The van der Waals surface area contributed by atoms with Crippen LogP contribution >= 0.6 is 0 Å². The van der Waals surface area contributed by atoms with Crippen LogP contribution < -0.4 is 10.5 Å². The first-order valence-corrected chi connectivity index (χ1v) is 8.90. The number of carbonyl (C=O) groups is 1. The Hall–Kier alpha value is -2.76. The van der Waals surface area contributed by atoms with Crippen LogP contribution in [0.3, 0.4) is 0 Å². The Morgan fingerprint density at radius 1 is 1.19 bits per heavy atom. The van der Waals surface area contributed by atoms with Crippen LogP contribution in [0.4, 0.5) is 8.78 Å². The van der Waals surface area contributed by atoms with E-state index in [4.69, 9.17) is 5.73 Å². The summed E-state index contributed by atoms with van der Waals surface area (Å²) in [6.45, 7) is 2.62. The van der Waals surface area contributed by atoms with E-state index >= 15 is 0 Å². The standard InChI is InChI=1S/C21H22F2N2O2/c1-3-17-19(26)12-18(25-20(17)24)15-8-4-6-13(10-15)14-7-5-9-16(11-14)27-21(2,22)23/h4-11,17-18H,3,12H2,1-2H3,(H2,24,25)/t17?,18-/m0/s1. The molecular formula is C21H22F2N2O2. The Morgan fingerprint density at radius 2 is 1.85 bits per heavy atom. The number of ketones is 1. The summed E-state index contributed by atoms with van der Waals surface area (Å²) in [4.78, 5) is 16.8. The van der Waals surface area contributed by atoms with Gasteiger partial charge in [-0.15, -0.1) is 0 Å². The predicted molar refractivity (Wildman–Crippen MR) is 101 cm³/mol. The third-order valence-corrected chi connectivity index (χ3v) is 4.59. The average Bonchev–Trinajstić information content (AvgIpc) is 2.60. The summed E-state index contributed by atoms with van der Waals surface area (Å²) in [5.74, 6) is 0.269. The maximum absolute atomic E-state index is 13.1. The monoisotopic (exact) mass is 372 g/mol. The van der Waals surface area contributed by atoms with Crippen molar-refractivity contribution in [3.63, 3.8) is 0 Å². The van der Waals surface area contributed by atoms with E-state index in [0.717, 1.165) is 16.7 Å². The van der Waals surface area contributed by atoms with Crippen molar-refractivity contribution in [3.8, 4) is 16.9 Å². The van der Waals surface area contributed by atoms with Crippen molar-refractivity contribution in [1.82, 2.24) is 0 Å². The van der Waals surface area contributed by atoms with Crippen molar-refractivity contribution in [3.05, 3.63) is 54.1 Å². The first-order valence-electron chi connectivity index (χ1n) is 8.90. The number of nitrogens with zero attached hydrogens (tertiary/aromatic N) is 1. The fourth-order valence-corrected chi connectivity index (χ4v) is 3.31. The third kappa shape index (κ3) is 4.51. The molecule has 27 heavy (non-hydrogen) atoms. The van der Waals surface area contributed by atoms with Gasteiger partial charge in [-0.05, 0) is 41.3 Å². The lowest BCUT2D eigenvalue weighted by Crippen LogP contribution is -2.35. The zero-order valence-corrected chi connectivity index (χ0v) is 15.3. The number of halogens is 2. The Labute approximate surface area is 157 Å². The molecule has 4 nitrogen and oxygen atoms in total. The van der Waals surface area contributed by atoms with Crippen molar-refractivity contribution < 1.29 is 18.3 Å². The van der Waals surface area contributed by atoms with E-state index in [1.54, 1.807) is 12.1 Å². The summed E-state index contributed by atoms with van der Waals surface area (Å²) in [7, 11) is 0. The molecule has 1 heterocycles. The molecule has 0 aromatic heterocycles. The molecule has 142 valence electrons. The van der Waals surface area contributed by atoms with Crippen molar-refractivity contribution in [2.45, 2.75) is 38.8 Å². The number of hydrogen-bond donors (Lipinski definition) is 1. The van der Waals surface area contributed by atoms with Gasteiger partial charge in [-0.1, -0.05) is 37.3 Å². The molecule has 0 aliphatic carbocycles. The number of carbonyl (C=O) groups excluding carboxylic acids is 1. The second kappa shape index (κ2) is 7.47. The molecule has 0 bridgehead atoms. The highest BCUT2D eigenvalue weighted by molar-refractivity contribution is 6.05. The summed E-state index contributed by atoms with van der Waals surface area (Å²) in [6.07, 6.45) is -2.28. The van der Waals surface area contributed by atoms with Crippen molar-refractivity contribution in [2.24, 2.45) is 16.6 Å². The summed E-state index contributed by atoms with van der Waals surface area (Å²) in [6, 6.07) is 13.7. The lowest BCUT2D eigenvalue weighted by molar-refractivity contribution is -0.158. The van der Waals surface area contributed by atoms with Gasteiger partial charge >= 0.3 is 6.11 Å². The highest BCUT2D eigenvalue weighted by atomic mass is 19.3. The lowest BCUT2D eigenvalue weighted by atomic mass is 9.88. The number of rotatable bonds is 5. The predicted octanol–water partition coefficient (Wildman–Crippen LogP) is 4.74. The fourth-order valence-electron chi connectivity index (χ4n) is 3.31. The molecule has 0 radical (unpaired) electrons. The van der Waals surface area contributed by atoms with Gasteiger partial charge in [0.2, 0.25) is 0 Å². The van der Waals surface area contributed by atoms with E-state index in [-0.39, 0.29) is 23.5 Å². The van der Waals surface area contributed by atoms with Crippen LogP contribution in [0.25, 0.3) is 11.1 Å². The Bertz CT molecular complexity index is 874. The maximum atomic E-state index is 13.1. The van der Waals surface area contributed by atoms with Crippen LogP contribution in [-0.2, 0) is 4.79 Å². The Balaban J connectivity index is 1.90. The molecule has 0 spiro atoms. The minimum absolute atomic E-state index is 0.0892. The molecule has 0 saturated carbocycles. The number of benzene rings is 2. The minimum atomic E-state index is -3.25. The van der Waals surface area contributed by atoms with Gasteiger partial charge in [0.1, 0.15) is 17.4 Å². The number of Topliss-reactive ketones (excluding diaryl/α,β-unsaturated/α-hetero) is 1. The first kappa shape index (κ1) is 19.0. The van der Waals surface area contributed by atoms with Crippen LogP contribution in [0.15, 0.2) is 53.5 Å². The van der Waals surface area contributed by atoms with E-state index in [9.17, 15) is 13.6 Å². The molecule has 2 aromatic carbocycles. The van der Waals surface area contributed by atoms with E-state index in [1.807, 2.05) is 37.3 Å². The minimum Gasteiger partial charge on any atom is -0.433 e. The van der Waals surface area contributed by atoms with Gasteiger partial charge in [0.25, 0.3) is 0 Å². The quantitative estimate of drug-likeness (QED) is 0.824. The molecule has 0 fully saturated rings. The fraction of sp³-hybridized carbons (Fsp3) is 0.333. The second-order valence-corrected chi connectivity index (χ2v) is 6.76. The molecule has 2 N–H and O–H groups in total. The number of aliphatic imine (C=N–C) groups is 1. The van der Waals surface area contributed by atoms with Gasteiger partial charge < -0.3 is 10.5 Å². The van der Waals surface area contributed by atoms with Gasteiger partial charge in [-0.2, -0.15) is 8.78 Å². The molecule has 2 atom stereocenters. The number of alkyl halides is 2. The second-order valence-electron chi connectivity index (χ2n) is 6.76. The smallest absolute Gasteiger partial charge is 0.394 e. The van der Waals surface area contributed by atoms with Gasteiger partial charge in [0, 0.05) is 13.3 Å². The summed E-state index contributed by atoms with van der Waals surface area (Å²) < 4.78 is 30.9. The van der Waals surface area contributed by atoms with E-state index in [1.165, 1.54) is 6.07 Å². The summed E-state index contributed by atoms with van der Waals surface area (Å²) >= 11 is 0. The number of hydrogen-bond acceptors (Lipinski definition) is 4. The third-order valence-electron chi connectivity index (χ3n) is 4.59. The Kier molecular flexibility index (Phi) is 5.26. The molecule has 3 rings (SSSR count). The number of amidine groups is 1. The van der Waals surface area contributed by atoms with Gasteiger partial charge in [0.15, 0.2) is 0 Å². The van der Waals surface area contributed by atoms with E-state index < -0.39 is 6.11 Å². The molecule has 6 heteroatoms. The molecule has 0 saturated heterocycles. The molecule has 1 aliphatic rings. The SMILES string of the molecule is CCC1C(=O)C[C@@H](c2cccc(-c3cccc(OC(C)(F)F)c3)c2)N=C1N. The maximum Gasteiger partial charge on any atom is 0.394 e. The van der Waals surface area contributed by atoms with Crippen LogP contribution in [0.2, 0.25) is 0 Å². The van der Waals surface area contributed by atoms with Gasteiger partial charge in [-0.3, -0.25) is 9.79 Å². The van der Waals surface area contributed by atoms with Gasteiger partial charge in [0.05, 0.1) is 12.0 Å². The average molecular weight is 372 g/mol. The van der Waals surface area contributed by atoms with Crippen LogP contribution in [-0.4, -0.2) is 17.7 Å². The molecular weight excluding hydrogens is 350 g/mol. The van der Waals surface area contributed by atoms with E-state index in [0.29, 0.717) is 25.6 Å². The van der Waals surface area contributed by atoms with E-state index in [2.05, 4.69) is 9.73 Å². The highest BCUT2D eigenvalue weighted by Gasteiger charge is 2.30. The van der Waals surface area contributed by atoms with Crippen LogP contribution in [0.1, 0.15) is 38.3 Å². The van der Waals surface area contributed by atoms with Crippen molar-refractivity contribution in [2.75, 3.05) is 0 Å². The zero-order chi connectivity index (χ0) is 19.6. The van der Waals surface area contributed by atoms with Crippen LogP contribution in [0, 0.1) is 5.92 Å². The normalized spacial score (nSPS) is 20.3.